The molecule has 1 amide bonds. The highest BCUT2D eigenvalue weighted by Gasteiger charge is 2.17. The van der Waals surface area contributed by atoms with Crippen LogP contribution in [0, 0.1) is 5.92 Å². The van der Waals surface area contributed by atoms with Crippen molar-refractivity contribution in [2.45, 2.75) is 51.3 Å². The van der Waals surface area contributed by atoms with E-state index in [1.807, 2.05) is 18.7 Å². The molecule has 0 radical (unpaired) electrons. The lowest BCUT2D eigenvalue weighted by atomic mass is 10.2. The zero-order valence-electron chi connectivity index (χ0n) is 11.3. The fraction of sp³-hybridized carbons (Fsp3) is 0.923. The standard InChI is InChI=1S/C13H26N2OS/c1-10(2)8-15-13(16)11(3)14-9-12-6-4-5-7-17-12/h10-12,14H,4-9H2,1-3H3,(H,15,16). The van der Waals surface area contributed by atoms with Crippen molar-refractivity contribution in [1.29, 1.82) is 0 Å². The molecule has 0 saturated carbocycles. The van der Waals surface area contributed by atoms with Crippen LogP contribution in [0.5, 0.6) is 0 Å². The summed E-state index contributed by atoms with van der Waals surface area (Å²) in [5.74, 6) is 1.92. The van der Waals surface area contributed by atoms with Gasteiger partial charge in [0.2, 0.25) is 5.91 Å². The van der Waals surface area contributed by atoms with Gasteiger partial charge in [-0.05, 0) is 31.4 Å². The molecule has 1 heterocycles. The molecule has 0 aromatic rings. The molecule has 0 bridgehead atoms. The van der Waals surface area contributed by atoms with E-state index in [0.717, 1.165) is 13.1 Å². The molecule has 4 heteroatoms. The van der Waals surface area contributed by atoms with Crippen molar-refractivity contribution in [3.05, 3.63) is 0 Å². The third-order valence-corrected chi connectivity index (χ3v) is 4.40. The van der Waals surface area contributed by atoms with Gasteiger partial charge in [0, 0.05) is 18.3 Å². The summed E-state index contributed by atoms with van der Waals surface area (Å²) in [4.78, 5) is 11.7. The van der Waals surface area contributed by atoms with Gasteiger partial charge in [-0.2, -0.15) is 11.8 Å². The van der Waals surface area contributed by atoms with Gasteiger partial charge in [0.25, 0.3) is 0 Å². The van der Waals surface area contributed by atoms with Crippen molar-refractivity contribution in [1.82, 2.24) is 10.6 Å². The largest absolute Gasteiger partial charge is 0.354 e. The van der Waals surface area contributed by atoms with Crippen molar-refractivity contribution < 1.29 is 4.79 Å². The van der Waals surface area contributed by atoms with E-state index < -0.39 is 0 Å². The summed E-state index contributed by atoms with van der Waals surface area (Å²) in [5.41, 5.74) is 0. The summed E-state index contributed by atoms with van der Waals surface area (Å²) in [7, 11) is 0. The van der Waals surface area contributed by atoms with Crippen LogP contribution in [0.25, 0.3) is 0 Å². The van der Waals surface area contributed by atoms with Gasteiger partial charge in [-0.3, -0.25) is 4.79 Å². The van der Waals surface area contributed by atoms with E-state index in [1.54, 1.807) is 0 Å². The molecular formula is C13H26N2OS. The monoisotopic (exact) mass is 258 g/mol. The number of hydrogen-bond acceptors (Lipinski definition) is 3. The van der Waals surface area contributed by atoms with Gasteiger partial charge in [0.15, 0.2) is 0 Å². The molecule has 17 heavy (non-hydrogen) atoms. The predicted molar refractivity (Wildman–Crippen MR) is 75.4 cm³/mol. The molecule has 2 atom stereocenters. The van der Waals surface area contributed by atoms with Crippen molar-refractivity contribution in [3.63, 3.8) is 0 Å². The Bertz CT molecular complexity index is 227. The molecule has 0 aromatic heterocycles. The van der Waals surface area contributed by atoms with Gasteiger partial charge in [0.05, 0.1) is 6.04 Å². The SMILES string of the molecule is CC(C)CNC(=O)C(C)NCC1CCCCS1. The maximum atomic E-state index is 11.7. The van der Waals surface area contributed by atoms with Crippen LogP contribution < -0.4 is 10.6 Å². The average molecular weight is 258 g/mol. The first-order valence-corrected chi connectivity index (χ1v) is 7.77. The maximum Gasteiger partial charge on any atom is 0.236 e. The first-order valence-electron chi connectivity index (χ1n) is 6.72. The summed E-state index contributed by atoms with van der Waals surface area (Å²) in [6.45, 7) is 7.89. The van der Waals surface area contributed by atoms with E-state index in [-0.39, 0.29) is 11.9 Å². The highest BCUT2D eigenvalue weighted by atomic mass is 32.2. The van der Waals surface area contributed by atoms with Crippen LogP contribution in [0.3, 0.4) is 0 Å². The Hall–Kier alpha value is -0.220. The quantitative estimate of drug-likeness (QED) is 0.766. The molecule has 0 aromatic carbocycles. The normalized spacial score (nSPS) is 22.5. The van der Waals surface area contributed by atoms with E-state index in [1.165, 1.54) is 25.0 Å². The highest BCUT2D eigenvalue weighted by molar-refractivity contribution is 7.99. The van der Waals surface area contributed by atoms with E-state index in [9.17, 15) is 4.79 Å². The minimum atomic E-state index is -0.0729. The first-order chi connectivity index (χ1) is 8.09. The number of thioether (sulfide) groups is 1. The van der Waals surface area contributed by atoms with Gasteiger partial charge in [-0.1, -0.05) is 20.3 Å². The number of amides is 1. The van der Waals surface area contributed by atoms with Gasteiger partial charge in [-0.15, -0.1) is 0 Å². The van der Waals surface area contributed by atoms with Gasteiger partial charge >= 0.3 is 0 Å². The van der Waals surface area contributed by atoms with Crippen molar-refractivity contribution >= 4 is 17.7 Å². The average Bonchev–Trinajstić information content (AvgIpc) is 2.34. The van der Waals surface area contributed by atoms with Gasteiger partial charge < -0.3 is 10.6 Å². The Labute approximate surface area is 109 Å². The Morgan fingerprint density at radius 2 is 2.12 bits per heavy atom. The molecule has 1 saturated heterocycles. The number of carbonyl (C=O) groups excluding carboxylic acids is 1. The molecule has 2 unspecified atom stereocenters. The van der Waals surface area contributed by atoms with E-state index in [0.29, 0.717) is 11.2 Å². The second kappa shape index (κ2) is 7.98. The molecule has 100 valence electrons. The van der Waals surface area contributed by atoms with E-state index in [4.69, 9.17) is 0 Å². The fourth-order valence-corrected chi connectivity index (χ4v) is 3.08. The van der Waals surface area contributed by atoms with Crippen molar-refractivity contribution in [2.24, 2.45) is 5.92 Å². The zero-order valence-corrected chi connectivity index (χ0v) is 12.1. The Morgan fingerprint density at radius 3 is 2.71 bits per heavy atom. The second-order valence-corrected chi connectivity index (χ2v) is 6.67. The lowest BCUT2D eigenvalue weighted by molar-refractivity contribution is -0.122. The van der Waals surface area contributed by atoms with Gasteiger partial charge in [0.1, 0.15) is 0 Å². The van der Waals surface area contributed by atoms with Crippen LogP contribution in [0.2, 0.25) is 0 Å². The van der Waals surface area contributed by atoms with Crippen molar-refractivity contribution in [2.75, 3.05) is 18.8 Å². The topological polar surface area (TPSA) is 41.1 Å². The predicted octanol–water partition coefficient (Wildman–Crippen LogP) is 2.02. The summed E-state index contributed by atoms with van der Waals surface area (Å²) >= 11 is 2.04. The third-order valence-electron chi connectivity index (χ3n) is 3.00. The molecule has 0 spiro atoms. The van der Waals surface area contributed by atoms with E-state index in [2.05, 4.69) is 24.5 Å². The van der Waals surface area contributed by atoms with Crippen LogP contribution in [0.15, 0.2) is 0 Å². The molecule has 3 nitrogen and oxygen atoms in total. The lowest BCUT2D eigenvalue weighted by Gasteiger charge is -2.23. The number of nitrogens with one attached hydrogen (secondary N) is 2. The maximum absolute atomic E-state index is 11.7. The molecule has 1 aliphatic rings. The summed E-state index contributed by atoms with van der Waals surface area (Å²) in [6.07, 6.45) is 3.98. The van der Waals surface area contributed by atoms with Gasteiger partial charge in [-0.25, -0.2) is 0 Å². The van der Waals surface area contributed by atoms with Crippen LogP contribution in [0.4, 0.5) is 0 Å². The molecule has 1 aliphatic heterocycles. The number of hydrogen-bond donors (Lipinski definition) is 2. The molecular weight excluding hydrogens is 232 g/mol. The number of carbonyl (C=O) groups is 1. The minimum absolute atomic E-state index is 0.0729. The van der Waals surface area contributed by atoms with Crippen LogP contribution >= 0.6 is 11.8 Å². The zero-order chi connectivity index (χ0) is 12.7. The smallest absolute Gasteiger partial charge is 0.236 e. The first kappa shape index (κ1) is 14.8. The molecule has 1 rings (SSSR count). The molecule has 0 aliphatic carbocycles. The summed E-state index contributed by atoms with van der Waals surface area (Å²) in [5, 5.41) is 7.00. The fourth-order valence-electron chi connectivity index (χ4n) is 1.83. The van der Waals surface area contributed by atoms with Crippen LogP contribution in [-0.4, -0.2) is 36.0 Å². The van der Waals surface area contributed by atoms with Crippen LogP contribution in [0.1, 0.15) is 40.0 Å². The lowest BCUT2D eigenvalue weighted by Crippen LogP contribution is -2.45. The summed E-state index contributed by atoms with van der Waals surface area (Å²) in [6, 6.07) is -0.0729. The number of rotatable bonds is 6. The Balaban J connectivity index is 2.14. The summed E-state index contributed by atoms with van der Waals surface area (Å²) < 4.78 is 0. The van der Waals surface area contributed by atoms with E-state index >= 15 is 0 Å². The third kappa shape index (κ3) is 6.32. The van der Waals surface area contributed by atoms with Crippen LogP contribution in [-0.2, 0) is 4.79 Å². The minimum Gasteiger partial charge on any atom is -0.354 e. The molecule has 1 fully saturated rings. The Kier molecular flexibility index (Phi) is 6.97. The second-order valence-electron chi connectivity index (χ2n) is 5.26. The Morgan fingerprint density at radius 1 is 1.35 bits per heavy atom. The van der Waals surface area contributed by atoms with Crippen molar-refractivity contribution in [3.8, 4) is 0 Å². The molecule has 2 N–H and O–H groups in total. The highest BCUT2D eigenvalue weighted by Crippen LogP contribution is 2.24.